The van der Waals surface area contributed by atoms with E-state index in [1.807, 2.05) is 37.3 Å². The van der Waals surface area contributed by atoms with E-state index in [-0.39, 0.29) is 5.91 Å². The molecule has 1 fully saturated rings. The van der Waals surface area contributed by atoms with Gasteiger partial charge >= 0.3 is 0 Å². The first-order chi connectivity index (χ1) is 11.1. The molecule has 1 heterocycles. The average molecular weight is 310 g/mol. The fourth-order valence-corrected chi connectivity index (χ4v) is 2.96. The van der Waals surface area contributed by atoms with Gasteiger partial charge in [0.1, 0.15) is 0 Å². The van der Waals surface area contributed by atoms with Gasteiger partial charge in [0, 0.05) is 23.1 Å². The van der Waals surface area contributed by atoms with E-state index in [0.717, 1.165) is 49.0 Å². The number of nitrogens with zero attached hydrogens (tertiary/aromatic N) is 2. The van der Waals surface area contributed by atoms with E-state index >= 15 is 0 Å². The van der Waals surface area contributed by atoms with Gasteiger partial charge in [0.05, 0.1) is 5.54 Å². The van der Waals surface area contributed by atoms with Crippen molar-refractivity contribution in [2.24, 2.45) is 5.73 Å². The van der Waals surface area contributed by atoms with Crippen molar-refractivity contribution in [1.82, 2.24) is 9.97 Å². The minimum absolute atomic E-state index is 0.0863. The summed E-state index contributed by atoms with van der Waals surface area (Å²) in [5.41, 5.74) is 8.13. The fraction of sp³-hybridized carbons (Fsp3) is 0.389. The maximum atomic E-state index is 12.4. The largest absolute Gasteiger partial charge is 0.324 e. The highest BCUT2D eigenvalue weighted by Gasteiger charge is 2.35. The van der Waals surface area contributed by atoms with Crippen molar-refractivity contribution in [3.63, 3.8) is 0 Å². The summed E-state index contributed by atoms with van der Waals surface area (Å²) >= 11 is 0. The lowest BCUT2D eigenvalue weighted by molar-refractivity contribution is -0.122. The minimum atomic E-state index is -0.726. The molecule has 0 spiro atoms. The Labute approximate surface area is 136 Å². The molecule has 0 atom stereocenters. The van der Waals surface area contributed by atoms with Crippen molar-refractivity contribution in [2.45, 2.75) is 44.6 Å². The summed E-state index contributed by atoms with van der Waals surface area (Å²) in [6, 6.07) is 9.42. The summed E-state index contributed by atoms with van der Waals surface area (Å²) in [5.74, 6) is 0.599. The third-order valence-corrected chi connectivity index (χ3v) is 4.39. The Balaban J connectivity index is 1.71. The van der Waals surface area contributed by atoms with Gasteiger partial charge in [-0.25, -0.2) is 9.97 Å². The molecular formula is C18H22N4O. The van der Waals surface area contributed by atoms with Crippen LogP contribution >= 0.6 is 0 Å². The molecule has 1 aromatic heterocycles. The molecule has 1 aromatic carbocycles. The number of carbonyl (C=O) groups is 1. The molecule has 23 heavy (non-hydrogen) atoms. The Morgan fingerprint density at radius 2 is 1.83 bits per heavy atom. The van der Waals surface area contributed by atoms with Crippen molar-refractivity contribution in [3.05, 3.63) is 42.2 Å². The van der Waals surface area contributed by atoms with Crippen molar-refractivity contribution < 1.29 is 4.79 Å². The molecular weight excluding hydrogens is 288 g/mol. The second-order valence-corrected chi connectivity index (χ2v) is 6.27. The summed E-state index contributed by atoms with van der Waals surface area (Å²) < 4.78 is 0. The molecule has 0 bridgehead atoms. The number of amides is 1. The Hall–Kier alpha value is -2.27. The van der Waals surface area contributed by atoms with Gasteiger partial charge in [-0.3, -0.25) is 4.79 Å². The van der Waals surface area contributed by atoms with Crippen LogP contribution in [-0.2, 0) is 4.79 Å². The van der Waals surface area contributed by atoms with E-state index in [9.17, 15) is 4.79 Å². The molecule has 120 valence electrons. The monoisotopic (exact) mass is 310 g/mol. The molecule has 0 aliphatic heterocycles. The number of aryl methyl sites for hydroxylation is 1. The molecule has 3 rings (SSSR count). The van der Waals surface area contributed by atoms with Crippen molar-refractivity contribution >= 4 is 11.6 Å². The van der Waals surface area contributed by atoms with E-state index in [2.05, 4.69) is 15.3 Å². The van der Waals surface area contributed by atoms with Crippen LogP contribution in [0.2, 0.25) is 0 Å². The van der Waals surface area contributed by atoms with Gasteiger partial charge < -0.3 is 11.1 Å². The second-order valence-electron chi connectivity index (χ2n) is 6.27. The quantitative estimate of drug-likeness (QED) is 0.913. The minimum Gasteiger partial charge on any atom is -0.324 e. The molecule has 0 radical (unpaired) electrons. The standard InChI is InChI=1S/C18H22N4O/c1-13-9-12-20-16(21-13)14-5-7-15(8-6-14)22-17(23)18(19)10-3-2-4-11-18/h5-9,12H,2-4,10-11,19H2,1H3,(H,22,23). The Kier molecular flexibility index (Phi) is 4.39. The Bertz CT molecular complexity index is 690. The SMILES string of the molecule is Cc1ccnc(-c2ccc(NC(=O)C3(N)CCCCC3)cc2)n1. The number of benzene rings is 1. The number of anilines is 1. The predicted octanol–water partition coefficient (Wildman–Crippen LogP) is 3.05. The van der Waals surface area contributed by atoms with Gasteiger partial charge in [0.15, 0.2) is 5.82 Å². The summed E-state index contributed by atoms with van der Waals surface area (Å²) in [7, 11) is 0. The maximum Gasteiger partial charge on any atom is 0.244 e. The number of aromatic nitrogens is 2. The second kappa shape index (κ2) is 6.46. The number of hydrogen-bond donors (Lipinski definition) is 2. The molecule has 1 aliphatic carbocycles. The molecule has 1 aliphatic rings. The third kappa shape index (κ3) is 3.56. The topological polar surface area (TPSA) is 80.9 Å². The van der Waals surface area contributed by atoms with Gasteiger partial charge in [-0.15, -0.1) is 0 Å². The molecule has 1 amide bonds. The summed E-state index contributed by atoms with van der Waals surface area (Å²) in [6.45, 7) is 1.94. The van der Waals surface area contributed by atoms with Crippen LogP contribution in [0.4, 0.5) is 5.69 Å². The van der Waals surface area contributed by atoms with E-state index < -0.39 is 5.54 Å². The highest BCUT2D eigenvalue weighted by molar-refractivity contribution is 5.98. The lowest BCUT2D eigenvalue weighted by Crippen LogP contribution is -2.52. The zero-order valence-corrected chi connectivity index (χ0v) is 13.4. The number of nitrogens with one attached hydrogen (secondary N) is 1. The van der Waals surface area contributed by atoms with Gasteiger partial charge in [-0.1, -0.05) is 19.3 Å². The zero-order valence-electron chi connectivity index (χ0n) is 13.4. The van der Waals surface area contributed by atoms with Crippen molar-refractivity contribution in [2.75, 3.05) is 5.32 Å². The van der Waals surface area contributed by atoms with Crippen LogP contribution in [0.1, 0.15) is 37.8 Å². The van der Waals surface area contributed by atoms with Gasteiger partial charge in [0.25, 0.3) is 0 Å². The molecule has 3 N–H and O–H groups in total. The van der Waals surface area contributed by atoms with Crippen LogP contribution in [0, 0.1) is 6.92 Å². The Morgan fingerprint density at radius 3 is 2.48 bits per heavy atom. The maximum absolute atomic E-state index is 12.4. The first-order valence-corrected chi connectivity index (χ1v) is 8.07. The first kappa shape index (κ1) is 15.6. The lowest BCUT2D eigenvalue weighted by Gasteiger charge is -2.31. The predicted molar refractivity (Wildman–Crippen MR) is 90.8 cm³/mol. The third-order valence-electron chi connectivity index (χ3n) is 4.39. The van der Waals surface area contributed by atoms with Crippen LogP contribution in [0.5, 0.6) is 0 Å². The molecule has 2 aromatic rings. The normalized spacial score (nSPS) is 16.8. The number of nitrogens with two attached hydrogens (primary N) is 1. The fourth-order valence-electron chi connectivity index (χ4n) is 2.96. The molecule has 0 saturated heterocycles. The highest BCUT2D eigenvalue weighted by atomic mass is 16.2. The van der Waals surface area contributed by atoms with Crippen molar-refractivity contribution in [1.29, 1.82) is 0 Å². The number of rotatable bonds is 3. The molecule has 5 heteroatoms. The summed E-state index contributed by atoms with van der Waals surface area (Å²) in [4.78, 5) is 21.1. The van der Waals surface area contributed by atoms with Crippen LogP contribution in [0.3, 0.4) is 0 Å². The van der Waals surface area contributed by atoms with E-state index in [0.29, 0.717) is 5.82 Å². The Morgan fingerprint density at radius 1 is 1.13 bits per heavy atom. The first-order valence-electron chi connectivity index (χ1n) is 8.07. The van der Waals surface area contributed by atoms with Gasteiger partial charge in [-0.05, 0) is 50.1 Å². The summed E-state index contributed by atoms with van der Waals surface area (Å²) in [5, 5.41) is 2.94. The van der Waals surface area contributed by atoms with E-state index in [1.165, 1.54) is 0 Å². The van der Waals surface area contributed by atoms with E-state index in [1.54, 1.807) is 6.20 Å². The molecule has 1 saturated carbocycles. The zero-order chi connectivity index (χ0) is 16.3. The van der Waals surface area contributed by atoms with Gasteiger partial charge in [0.2, 0.25) is 5.91 Å². The van der Waals surface area contributed by atoms with Crippen LogP contribution in [-0.4, -0.2) is 21.4 Å². The van der Waals surface area contributed by atoms with Crippen molar-refractivity contribution in [3.8, 4) is 11.4 Å². The highest BCUT2D eigenvalue weighted by Crippen LogP contribution is 2.27. The average Bonchev–Trinajstić information content (AvgIpc) is 2.56. The van der Waals surface area contributed by atoms with Crippen LogP contribution in [0.15, 0.2) is 36.5 Å². The summed E-state index contributed by atoms with van der Waals surface area (Å²) in [6.07, 6.45) is 6.47. The number of carbonyl (C=O) groups excluding carboxylic acids is 1. The van der Waals surface area contributed by atoms with E-state index in [4.69, 9.17) is 5.73 Å². The molecule has 0 unspecified atom stereocenters. The molecule has 5 nitrogen and oxygen atoms in total. The number of hydrogen-bond acceptors (Lipinski definition) is 4. The smallest absolute Gasteiger partial charge is 0.244 e. The lowest BCUT2D eigenvalue weighted by atomic mass is 9.82. The van der Waals surface area contributed by atoms with Crippen LogP contribution in [0.25, 0.3) is 11.4 Å². The van der Waals surface area contributed by atoms with Gasteiger partial charge in [-0.2, -0.15) is 0 Å². The van der Waals surface area contributed by atoms with Crippen LogP contribution < -0.4 is 11.1 Å².